The molecule has 2 heterocycles. The minimum atomic E-state index is 0.492. The molecule has 104 valence electrons. The van der Waals surface area contributed by atoms with Gasteiger partial charge in [-0.05, 0) is 61.9 Å². The van der Waals surface area contributed by atoms with E-state index >= 15 is 0 Å². The summed E-state index contributed by atoms with van der Waals surface area (Å²) in [4.78, 5) is 2.78. The SMILES string of the molecule is CC(C)(CN1CC2CCCC2C1)C1CCCNC1. The second kappa shape index (κ2) is 5.13. The van der Waals surface area contributed by atoms with E-state index in [4.69, 9.17) is 0 Å². The molecule has 3 aliphatic rings. The van der Waals surface area contributed by atoms with Crippen molar-refractivity contribution in [3.63, 3.8) is 0 Å². The Labute approximate surface area is 113 Å². The third-order valence-corrected chi connectivity index (χ3v) is 5.84. The molecule has 1 N–H and O–H groups in total. The summed E-state index contributed by atoms with van der Waals surface area (Å²) < 4.78 is 0. The monoisotopic (exact) mass is 250 g/mol. The number of fused-ring (bicyclic) bond motifs is 1. The molecule has 1 aliphatic carbocycles. The predicted octanol–water partition coefficient (Wildman–Crippen LogP) is 2.74. The summed E-state index contributed by atoms with van der Waals surface area (Å²) in [6, 6.07) is 0. The van der Waals surface area contributed by atoms with Crippen molar-refractivity contribution in [1.29, 1.82) is 0 Å². The first-order valence-electron chi connectivity index (χ1n) is 8.08. The van der Waals surface area contributed by atoms with Crippen molar-refractivity contribution in [2.45, 2.75) is 46.0 Å². The van der Waals surface area contributed by atoms with Gasteiger partial charge in [-0.25, -0.2) is 0 Å². The van der Waals surface area contributed by atoms with E-state index in [1.165, 1.54) is 64.8 Å². The van der Waals surface area contributed by atoms with Crippen molar-refractivity contribution in [2.24, 2.45) is 23.2 Å². The van der Waals surface area contributed by atoms with E-state index in [1.54, 1.807) is 0 Å². The molecule has 2 aliphatic heterocycles. The molecule has 1 saturated carbocycles. The van der Waals surface area contributed by atoms with Crippen LogP contribution in [0.15, 0.2) is 0 Å². The molecule has 0 aromatic heterocycles. The van der Waals surface area contributed by atoms with Crippen LogP contribution in [0.5, 0.6) is 0 Å². The number of hydrogen-bond donors (Lipinski definition) is 1. The van der Waals surface area contributed by atoms with E-state index in [0.29, 0.717) is 5.41 Å². The van der Waals surface area contributed by atoms with Gasteiger partial charge in [0.1, 0.15) is 0 Å². The first kappa shape index (κ1) is 12.9. The van der Waals surface area contributed by atoms with Crippen LogP contribution < -0.4 is 5.32 Å². The van der Waals surface area contributed by atoms with Crippen LogP contribution in [0.25, 0.3) is 0 Å². The van der Waals surface area contributed by atoms with Gasteiger partial charge in [-0.2, -0.15) is 0 Å². The maximum atomic E-state index is 3.59. The molecule has 2 saturated heterocycles. The standard InChI is InChI=1S/C16H30N2/c1-16(2,15-7-4-8-17-9-15)12-18-10-13-5-3-6-14(13)11-18/h13-15,17H,3-12H2,1-2H3. The van der Waals surface area contributed by atoms with Gasteiger partial charge in [-0.1, -0.05) is 20.3 Å². The van der Waals surface area contributed by atoms with E-state index in [2.05, 4.69) is 24.1 Å². The van der Waals surface area contributed by atoms with Crippen molar-refractivity contribution < 1.29 is 0 Å². The number of nitrogens with zero attached hydrogens (tertiary/aromatic N) is 1. The fraction of sp³-hybridized carbons (Fsp3) is 1.00. The predicted molar refractivity (Wildman–Crippen MR) is 76.6 cm³/mol. The summed E-state index contributed by atoms with van der Waals surface area (Å²) in [5.74, 6) is 2.97. The summed E-state index contributed by atoms with van der Waals surface area (Å²) in [5.41, 5.74) is 0.492. The Morgan fingerprint density at radius 2 is 1.78 bits per heavy atom. The summed E-state index contributed by atoms with van der Waals surface area (Å²) in [5, 5.41) is 3.59. The lowest BCUT2D eigenvalue weighted by molar-refractivity contribution is 0.109. The van der Waals surface area contributed by atoms with E-state index in [-0.39, 0.29) is 0 Å². The van der Waals surface area contributed by atoms with Crippen LogP contribution in [0.3, 0.4) is 0 Å². The summed E-state index contributed by atoms with van der Waals surface area (Å²) in [6.45, 7) is 11.6. The highest BCUT2D eigenvalue weighted by Crippen LogP contribution is 2.40. The van der Waals surface area contributed by atoms with Crippen LogP contribution in [0.4, 0.5) is 0 Å². The van der Waals surface area contributed by atoms with Crippen LogP contribution in [-0.2, 0) is 0 Å². The Bertz CT molecular complexity index is 269. The molecule has 0 amide bonds. The molecule has 0 radical (unpaired) electrons. The average molecular weight is 250 g/mol. The van der Waals surface area contributed by atoms with Crippen molar-refractivity contribution in [1.82, 2.24) is 10.2 Å². The molecule has 3 rings (SSSR count). The van der Waals surface area contributed by atoms with Crippen LogP contribution >= 0.6 is 0 Å². The Hall–Kier alpha value is -0.0800. The maximum Gasteiger partial charge on any atom is 0.00360 e. The molecular formula is C16H30N2. The summed E-state index contributed by atoms with van der Waals surface area (Å²) >= 11 is 0. The molecule has 0 spiro atoms. The molecule has 0 bridgehead atoms. The third-order valence-electron chi connectivity index (χ3n) is 5.84. The van der Waals surface area contributed by atoms with Gasteiger partial charge in [0.05, 0.1) is 0 Å². The lowest BCUT2D eigenvalue weighted by Crippen LogP contribution is -2.44. The highest BCUT2D eigenvalue weighted by molar-refractivity contribution is 4.92. The maximum absolute atomic E-state index is 3.59. The second-order valence-corrected chi connectivity index (χ2v) is 7.68. The summed E-state index contributed by atoms with van der Waals surface area (Å²) in [7, 11) is 0. The molecular weight excluding hydrogens is 220 g/mol. The van der Waals surface area contributed by atoms with Crippen LogP contribution in [0.1, 0.15) is 46.0 Å². The van der Waals surface area contributed by atoms with Crippen LogP contribution in [0, 0.1) is 23.2 Å². The normalized spacial score (nSPS) is 38.0. The van der Waals surface area contributed by atoms with Gasteiger partial charge in [0, 0.05) is 19.6 Å². The van der Waals surface area contributed by atoms with Crippen molar-refractivity contribution in [3.05, 3.63) is 0 Å². The Kier molecular flexibility index (Phi) is 3.68. The lowest BCUT2D eigenvalue weighted by Gasteiger charge is -2.40. The molecule has 18 heavy (non-hydrogen) atoms. The zero-order valence-corrected chi connectivity index (χ0v) is 12.3. The van der Waals surface area contributed by atoms with E-state index < -0.39 is 0 Å². The second-order valence-electron chi connectivity index (χ2n) is 7.68. The largest absolute Gasteiger partial charge is 0.316 e. The first-order chi connectivity index (χ1) is 8.65. The zero-order chi connectivity index (χ0) is 12.6. The van der Waals surface area contributed by atoms with Crippen LogP contribution in [-0.4, -0.2) is 37.6 Å². The molecule has 3 atom stereocenters. The van der Waals surface area contributed by atoms with Crippen molar-refractivity contribution in [3.8, 4) is 0 Å². The van der Waals surface area contributed by atoms with Gasteiger partial charge in [0.15, 0.2) is 0 Å². The Morgan fingerprint density at radius 1 is 1.06 bits per heavy atom. The lowest BCUT2D eigenvalue weighted by atomic mass is 9.74. The molecule has 3 unspecified atom stereocenters. The highest BCUT2D eigenvalue weighted by atomic mass is 15.2. The minimum Gasteiger partial charge on any atom is -0.316 e. The van der Waals surface area contributed by atoms with E-state index in [1.807, 2.05) is 0 Å². The van der Waals surface area contributed by atoms with Gasteiger partial charge in [0.2, 0.25) is 0 Å². The van der Waals surface area contributed by atoms with Gasteiger partial charge < -0.3 is 10.2 Å². The van der Waals surface area contributed by atoms with Gasteiger partial charge >= 0.3 is 0 Å². The van der Waals surface area contributed by atoms with E-state index in [9.17, 15) is 0 Å². The molecule has 3 fully saturated rings. The number of piperidine rings is 1. The number of hydrogen-bond acceptors (Lipinski definition) is 2. The molecule has 0 aromatic carbocycles. The van der Waals surface area contributed by atoms with Gasteiger partial charge in [-0.3, -0.25) is 0 Å². The topological polar surface area (TPSA) is 15.3 Å². The van der Waals surface area contributed by atoms with Crippen molar-refractivity contribution >= 4 is 0 Å². The smallest absolute Gasteiger partial charge is 0.00360 e. The van der Waals surface area contributed by atoms with Gasteiger partial charge in [0.25, 0.3) is 0 Å². The molecule has 2 nitrogen and oxygen atoms in total. The first-order valence-corrected chi connectivity index (χ1v) is 8.08. The average Bonchev–Trinajstić information content (AvgIpc) is 2.90. The van der Waals surface area contributed by atoms with E-state index in [0.717, 1.165) is 17.8 Å². The Morgan fingerprint density at radius 3 is 2.39 bits per heavy atom. The van der Waals surface area contributed by atoms with Crippen LogP contribution in [0.2, 0.25) is 0 Å². The fourth-order valence-corrected chi connectivity index (χ4v) is 4.69. The van der Waals surface area contributed by atoms with Crippen molar-refractivity contribution in [2.75, 3.05) is 32.7 Å². The Balaban J connectivity index is 1.55. The number of rotatable bonds is 3. The molecule has 0 aromatic rings. The zero-order valence-electron chi connectivity index (χ0n) is 12.3. The van der Waals surface area contributed by atoms with Gasteiger partial charge in [-0.15, -0.1) is 0 Å². The fourth-order valence-electron chi connectivity index (χ4n) is 4.69. The minimum absolute atomic E-state index is 0.492. The number of nitrogens with one attached hydrogen (secondary N) is 1. The highest BCUT2D eigenvalue weighted by Gasteiger charge is 2.39. The quantitative estimate of drug-likeness (QED) is 0.828. The third kappa shape index (κ3) is 2.60. The number of likely N-dealkylation sites (tertiary alicyclic amines) is 1. The summed E-state index contributed by atoms with van der Waals surface area (Å²) in [6.07, 6.45) is 7.32. The molecule has 2 heteroatoms.